The van der Waals surface area contributed by atoms with Crippen LogP contribution in [0.15, 0.2) is 62.5 Å². The molecule has 0 fully saturated rings. The Morgan fingerprint density at radius 3 is 2.83 bits per heavy atom. The van der Waals surface area contributed by atoms with Gasteiger partial charge in [0.25, 0.3) is 0 Å². The molecule has 3 nitrogen and oxygen atoms in total. The first-order chi connectivity index (χ1) is 8.74. The number of hydrogen-bond acceptors (Lipinski definition) is 3. The number of nitrogens with zero attached hydrogens (tertiary/aromatic N) is 1. The maximum atomic E-state index is 11.9. The van der Waals surface area contributed by atoms with Gasteiger partial charge in [-0.15, -0.1) is 0 Å². The topological polar surface area (TPSA) is 43.1 Å². The molecule has 0 bridgehead atoms. The normalized spacial score (nSPS) is 10.7. The fraction of sp³-hybridized carbons (Fsp3) is 0. The average molecular weight is 302 g/mol. The third-order valence-corrected chi connectivity index (χ3v) is 3.16. The molecule has 3 rings (SSSR count). The summed E-state index contributed by atoms with van der Waals surface area (Å²) in [5, 5.41) is 0.878. The number of halogens is 1. The molecule has 0 aliphatic carbocycles. The zero-order valence-electron chi connectivity index (χ0n) is 9.26. The fourth-order valence-corrected chi connectivity index (χ4v) is 2.20. The molecule has 0 atom stereocenters. The Kier molecular flexibility index (Phi) is 2.72. The van der Waals surface area contributed by atoms with Gasteiger partial charge in [0, 0.05) is 27.8 Å². The van der Waals surface area contributed by atoms with E-state index in [2.05, 4.69) is 20.9 Å². The SMILES string of the molecule is O=c1oc2ccc(Br)cc2cc1-c1cccnc1. The molecule has 88 valence electrons. The fourth-order valence-electron chi connectivity index (χ4n) is 1.82. The molecule has 0 amide bonds. The zero-order valence-corrected chi connectivity index (χ0v) is 10.8. The highest BCUT2D eigenvalue weighted by Gasteiger charge is 2.07. The maximum absolute atomic E-state index is 11.9. The van der Waals surface area contributed by atoms with E-state index in [0.29, 0.717) is 11.1 Å². The van der Waals surface area contributed by atoms with Crippen molar-refractivity contribution in [3.63, 3.8) is 0 Å². The molecule has 0 aliphatic heterocycles. The van der Waals surface area contributed by atoms with E-state index in [0.717, 1.165) is 15.4 Å². The van der Waals surface area contributed by atoms with Crippen molar-refractivity contribution < 1.29 is 4.42 Å². The van der Waals surface area contributed by atoms with Crippen molar-refractivity contribution in [1.29, 1.82) is 0 Å². The van der Waals surface area contributed by atoms with Crippen molar-refractivity contribution in [2.45, 2.75) is 0 Å². The van der Waals surface area contributed by atoms with E-state index in [9.17, 15) is 4.79 Å². The smallest absolute Gasteiger partial charge is 0.344 e. The van der Waals surface area contributed by atoms with Crippen LogP contribution in [0.25, 0.3) is 22.1 Å². The lowest BCUT2D eigenvalue weighted by Crippen LogP contribution is -2.02. The predicted molar refractivity (Wildman–Crippen MR) is 73.4 cm³/mol. The third kappa shape index (κ3) is 1.95. The first-order valence-electron chi connectivity index (χ1n) is 5.38. The van der Waals surface area contributed by atoms with Crippen molar-refractivity contribution >= 4 is 26.9 Å². The lowest BCUT2D eigenvalue weighted by Gasteiger charge is -2.02. The number of rotatable bonds is 1. The Bertz CT molecular complexity index is 766. The van der Waals surface area contributed by atoms with E-state index in [1.807, 2.05) is 24.3 Å². The monoisotopic (exact) mass is 301 g/mol. The molecular formula is C14H8BrNO2. The highest BCUT2D eigenvalue weighted by atomic mass is 79.9. The van der Waals surface area contributed by atoms with Crippen LogP contribution in [-0.4, -0.2) is 4.98 Å². The third-order valence-electron chi connectivity index (χ3n) is 2.67. The van der Waals surface area contributed by atoms with E-state index in [1.165, 1.54) is 0 Å². The summed E-state index contributed by atoms with van der Waals surface area (Å²) in [4.78, 5) is 15.9. The Hall–Kier alpha value is -1.94. The van der Waals surface area contributed by atoms with E-state index >= 15 is 0 Å². The number of pyridine rings is 1. The van der Waals surface area contributed by atoms with Crippen molar-refractivity contribution in [3.8, 4) is 11.1 Å². The first kappa shape index (κ1) is 11.2. The van der Waals surface area contributed by atoms with Gasteiger partial charge < -0.3 is 4.42 Å². The van der Waals surface area contributed by atoms with Crippen LogP contribution in [0.4, 0.5) is 0 Å². The van der Waals surface area contributed by atoms with Crippen LogP contribution in [0.1, 0.15) is 0 Å². The molecule has 0 unspecified atom stereocenters. The maximum Gasteiger partial charge on any atom is 0.344 e. The molecule has 0 aliphatic rings. The number of benzene rings is 1. The van der Waals surface area contributed by atoms with Crippen LogP contribution in [0.3, 0.4) is 0 Å². The van der Waals surface area contributed by atoms with Gasteiger partial charge in [-0.25, -0.2) is 4.79 Å². The van der Waals surface area contributed by atoms with Gasteiger partial charge in [0.15, 0.2) is 0 Å². The van der Waals surface area contributed by atoms with Gasteiger partial charge in [0.2, 0.25) is 0 Å². The van der Waals surface area contributed by atoms with Crippen LogP contribution in [0, 0.1) is 0 Å². The highest BCUT2D eigenvalue weighted by Crippen LogP contribution is 2.23. The largest absolute Gasteiger partial charge is 0.422 e. The summed E-state index contributed by atoms with van der Waals surface area (Å²) in [5.41, 5.74) is 1.51. The molecular weight excluding hydrogens is 294 g/mol. The van der Waals surface area contributed by atoms with Crippen molar-refractivity contribution in [1.82, 2.24) is 4.98 Å². The summed E-state index contributed by atoms with van der Waals surface area (Å²) in [6.45, 7) is 0. The van der Waals surface area contributed by atoms with E-state index in [-0.39, 0.29) is 5.63 Å². The lowest BCUT2D eigenvalue weighted by molar-refractivity contribution is 0.563. The minimum atomic E-state index is -0.349. The van der Waals surface area contributed by atoms with Gasteiger partial charge in [0.05, 0.1) is 5.56 Å². The zero-order chi connectivity index (χ0) is 12.5. The molecule has 0 spiro atoms. The molecule has 0 N–H and O–H groups in total. The van der Waals surface area contributed by atoms with Crippen molar-refractivity contribution in [2.75, 3.05) is 0 Å². The van der Waals surface area contributed by atoms with Gasteiger partial charge >= 0.3 is 5.63 Å². The molecule has 0 radical (unpaired) electrons. The second-order valence-electron chi connectivity index (χ2n) is 3.87. The molecule has 0 saturated carbocycles. The van der Waals surface area contributed by atoms with Crippen molar-refractivity contribution in [3.05, 3.63) is 63.7 Å². The first-order valence-corrected chi connectivity index (χ1v) is 6.17. The number of fused-ring (bicyclic) bond motifs is 1. The molecule has 2 aromatic heterocycles. The Labute approximate surface area is 111 Å². The van der Waals surface area contributed by atoms with E-state index in [4.69, 9.17) is 4.42 Å². The minimum Gasteiger partial charge on any atom is -0.422 e. The summed E-state index contributed by atoms with van der Waals surface area (Å²) in [5.74, 6) is 0. The standard InChI is InChI=1S/C14H8BrNO2/c15-11-3-4-13-10(6-11)7-12(14(17)18-13)9-2-1-5-16-8-9/h1-8H. The average Bonchev–Trinajstić information content (AvgIpc) is 2.39. The van der Waals surface area contributed by atoms with Crippen LogP contribution < -0.4 is 5.63 Å². The van der Waals surface area contributed by atoms with E-state index < -0.39 is 0 Å². The van der Waals surface area contributed by atoms with Crippen LogP contribution in [0.2, 0.25) is 0 Å². The van der Waals surface area contributed by atoms with Gasteiger partial charge in [-0.2, -0.15) is 0 Å². The Morgan fingerprint density at radius 1 is 1.17 bits per heavy atom. The highest BCUT2D eigenvalue weighted by molar-refractivity contribution is 9.10. The number of aromatic nitrogens is 1. The summed E-state index contributed by atoms with van der Waals surface area (Å²) in [6, 6.07) is 11.0. The summed E-state index contributed by atoms with van der Waals surface area (Å²) in [7, 11) is 0. The molecule has 18 heavy (non-hydrogen) atoms. The van der Waals surface area contributed by atoms with Gasteiger partial charge in [-0.3, -0.25) is 4.98 Å². The Balaban J connectivity index is 2.31. The molecule has 0 saturated heterocycles. The molecule has 3 aromatic rings. The summed E-state index contributed by atoms with van der Waals surface area (Å²) >= 11 is 3.40. The quantitative estimate of drug-likeness (QED) is 0.645. The minimum absolute atomic E-state index is 0.349. The van der Waals surface area contributed by atoms with Crippen LogP contribution >= 0.6 is 15.9 Å². The second-order valence-corrected chi connectivity index (χ2v) is 4.79. The summed E-state index contributed by atoms with van der Waals surface area (Å²) in [6.07, 6.45) is 3.32. The van der Waals surface area contributed by atoms with Gasteiger partial charge in [-0.1, -0.05) is 22.0 Å². The predicted octanol–water partition coefficient (Wildman–Crippen LogP) is 3.62. The van der Waals surface area contributed by atoms with Crippen LogP contribution in [0.5, 0.6) is 0 Å². The summed E-state index contributed by atoms with van der Waals surface area (Å²) < 4.78 is 6.24. The van der Waals surface area contributed by atoms with Crippen molar-refractivity contribution in [2.24, 2.45) is 0 Å². The van der Waals surface area contributed by atoms with E-state index in [1.54, 1.807) is 24.5 Å². The molecule has 1 aromatic carbocycles. The number of hydrogen-bond donors (Lipinski definition) is 0. The Morgan fingerprint density at radius 2 is 2.06 bits per heavy atom. The molecule has 2 heterocycles. The van der Waals surface area contributed by atoms with Crippen LogP contribution in [-0.2, 0) is 0 Å². The van der Waals surface area contributed by atoms with Gasteiger partial charge in [0.1, 0.15) is 5.58 Å². The molecule has 4 heteroatoms. The second kappa shape index (κ2) is 4.38. The van der Waals surface area contributed by atoms with Gasteiger partial charge in [-0.05, 0) is 30.3 Å². The lowest BCUT2D eigenvalue weighted by atomic mass is 10.1.